The monoisotopic (exact) mass is 675 g/mol. The molecule has 0 fully saturated rings. The maximum Gasteiger partial charge on any atom is 0.255 e. The Morgan fingerprint density at radius 3 is 2.71 bits per heavy atom. The lowest BCUT2D eigenvalue weighted by Crippen LogP contribution is -2.15. The largest absolute Gasteiger partial charge is 0.461 e. The fourth-order valence-corrected chi connectivity index (χ4v) is 5.01. The summed E-state index contributed by atoms with van der Waals surface area (Å²) in [7, 11) is 0. The van der Waals surface area contributed by atoms with Gasteiger partial charge < -0.3 is 25.1 Å². The van der Waals surface area contributed by atoms with Crippen molar-refractivity contribution in [3.8, 4) is 17.3 Å². The second kappa shape index (κ2) is 15.1. The van der Waals surface area contributed by atoms with E-state index in [2.05, 4.69) is 30.9 Å². The number of nitrogens with one attached hydrogen (secondary N) is 3. The zero-order valence-electron chi connectivity index (χ0n) is 26.2. The molecule has 0 saturated carbocycles. The summed E-state index contributed by atoms with van der Waals surface area (Å²) in [4.78, 5) is 51.5. The minimum absolute atomic E-state index is 0.223. The summed E-state index contributed by atoms with van der Waals surface area (Å²) < 4.78 is 13.5. The molecule has 4 heterocycles. The van der Waals surface area contributed by atoms with Gasteiger partial charge in [-0.1, -0.05) is 37.1 Å². The van der Waals surface area contributed by atoms with Crippen LogP contribution >= 0.6 is 11.6 Å². The first-order chi connectivity index (χ1) is 23.9. The van der Waals surface area contributed by atoms with E-state index < -0.39 is 11.8 Å². The van der Waals surface area contributed by atoms with Crippen LogP contribution in [0.2, 0.25) is 5.02 Å². The molecule has 49 heavy (non-hydrogen) atoms. The number of rotatable bonds is 12. The molecule has 0 saturated heterocycles. The average molecular weight is 676 g/mol. The maximum absolute atomic E-state index is 13.0. The van der Waals surface area contributed by atoms with Crippen molar-refractivity contribution in [2.24, 2.45) is 0 Å². The number of benzene rings is 2. The molecule has 4 aromatic heterocycles. The van der Waals surface area contributed by atoms with E-state index in [1.54, 1.807) is 71.4 Å². The van der Waals surface area contributed by atoms with Crippen LogP contribution in [0.1, 0.15) is 42.3 Å². The van der Waals surface area contributed by atoms with Gasteiger partial charge in [0.05, 0.1) is 12.0 Å². The third-order valence-corrected chi connectivity index (χ3v) is 7.44. The van der Waals surface area contributed by atoms with Gasteiger partial charge in [0.15, 0.2) is 17.3 Å². The summed E-state index contributed by atoms with van der Waals surface area (Å²) in [5, 5.41) is 9.75. The highest BCUT2D eigenvalue weighted by Crippen LogP contribution is 2.34. The first kappa shape index (κ1) is 32.7. The number of carbonyl (C=O) groups is 3. The van der Waals surface area contributed by atoms with Crippen molar-refractivity contribution in [3.05, 3.63) is 120 Å². The topological polar surface area (TPSA) is 153 Å². The number of nitrogens with zero attached hydrogens (tertiary/aromatic N) is 4. The standard InChI is InChI=1S/C36H30ClN7O5/c1-2-3-10-33(45)41-27-19-23(36(47)40-26-7-4-6-25(37)20-26)11-12-28(27)49-30-16-18-48-29(30)13-14-34(46)43-31-8-5-9-32(42-31)44-17-15-24-21-38-22-39-35(24)44/h4-9,11-22H,2-3,10H2,1H3,(H,40,47)(H,41,45)(H,42,43,46)/b14-13+. The lowest BCUT2D eigenvalue weighted by molar-refractivity contribution is -0.116. The minimum Gasteiger partial charge on any atom is -0.461 e. The van der Waals surface area contributed by atoms with Gasteiger partial charge in [0, 0.05) is 52.6 Å². The molecule has 0 atom stereocenters. The van der Waals surface area contributed by atoms with E-state index in [1.165, 1.54) is 30.8 Å². The third-order valence-electron chi connectivity index (χ3n) is 7.20. The second-order valence-corrected chi connectivity index (χ2v) is 11.2. The van der Waals surface area contributed by atoms with E-state index in [-0.39, 0.29) is 28.7 Å². The van der Waals surface area contributed by atoms with E-state index in [9.17, 15) is 14.4 Å². The van der Waals surface area contributed by atoms with Gasteiger partial charge in [-0.25, -0.2) is 15.0 Å². The molecule has 0 bridgehead atoms. The van der Waals surface area contributed by atoms with Crippen LogP contribution in [-0.2, 0) is 9.59 Å². The average Bonchev–Trinajstić information content (AvgIpc) is 3.74. The van der Waals surface area contributed by atoms with Gasteiger partial charge in [-0.3, -0.25) is 19.0 Å². The normalized spacial score (nSPS) is 11.1. The van der Waals surface area contributed by atoms with Crippen LogP contribution in [0.25, 0.3) is 22.9 Å². The number of halogens is 1. The zero-order valence-corrected chi connectivity index (χ0v) is 27.0. The van der Waals surface area contributed by atoms with Gasteiger partial charge in [0.2, 0.25) is 11.8 Å². The number of fused-ring (bicyclic) bond motifs is 1. The first-order valence-electron chi connectivity index (χ1n) is 15.4. The Bertz CT molecular complexity index is 2170. The van der Waals surface area contributed by atoms with E-state index in [1.807, 2.05) is 19.2 Å². The molecule has 12 nitrogen and oxygen atoms in total. The lowest BCUT2D eigenvalue weighted by Gasteiger charge is -2.14. The molecule has 2 aromatic carbocycles. The van der Waals surface area contributed by atoms with Gasteiger partial charge in [-0.15, -0.1) is 0 Å². The molecule has 13 heteroatoms. The number of unbranched alkanes of at least 4 members (excludes halogenated alkanes) is 1. The number of hydrogen-bond donors (Lipinski definition) is 3. The predicted octanol–water partition coefficient (Wildman–Crippen LogP) is 7.89. The molecule has 0 radical (unpaired) electrons. The number of hydrogen-bond acceptors (Lipinski definition) is 8. The molecular weight excluding hydrogens is 646 g/mol. The Hall–Kier alpha value is -6.27. The summed E-state index contributed by atoms with van der Waals surface area (Å²) >= 11 is 6.06. The highest BCUT2D eigenvalue weighted by Gasteiger charge is 2.16. The SMILES string of the molecule is CCCCC(=O)Nc1cc(C(=O)Nc2cccc(Cl)c2)ccc1Oc1ccoc1/C=C/C(=O)Nc1cccc(-n2ccc3cncnc32)n1. The fourth-order valence-electron chi connectivity index (χ4n) is 4.82. The number of furan rings is 1. The van der Waals surface area contributed by atoms with Crippen molar-refractivity contribution in [1.82, 2.24) is 19.5 Å². The molecule has 0 spiro atoms. The minimum atomic E-state index is -0.453. The quantitative estimate of drug-likeness (QED) is 0.111. The highest BCUT2D eigenvalue weighted by atomic mass is 35.5. The first-order valence-corrected chi connectivity index (χ1v) is 15.7. The Balaban J connectivity index is 1.17. The molecule has 0 aliphatic heterocycles. The number of aromatic nitrogens is 4. The van der Waals surface area contributed by atoms with Gasteiger partial charge in [0.1, 0.15) is 23.6 Å². The van der Waals surface area contributed by atoms with Crippen molar-refractivity contribution in [1.29, 1.82) is 0 Å². The van der Waals surface area contributed by atoms with Gasteiger partial charge in [-0.05, 0) is 67.1 Å². The number of carbonyl (C=O) groups excluding carboxylic acids is 3. The Morgan fingerprint density at radius 2 is 1.86 bits per heavy atom. The molecule has 6 aromatic rings. The number of anilines is 3. The van der Waals surface area contributed by atoms with Gasteiger partial charge >= 0.3 is 0 Å². The van der Waals surface area contributed by atoms with Crippen LogP contribution in [0.4, 0.5) is 17.2 Å². The number of amides is 3. The smallest absolute Gasteiger partial charge is 0.255 e. The predicted molar refractivity (Wildman–Crippen MR) is 187 cm³/mol. The number of pyridine rings is 1. The van der Waals surface area contributed by atoms with Crippen molar-refractivity contribution < 1.29 is 23.5 Å². The van der Waals surface area contributed by atoms with Crippen LogP contribution in [-0.4, -0.2) is 37.2 Å². The van der Waals surface area contributed by atoms with E-state index in [0.29, 0.717) is 46.5 Å². The summed E-state index contributed by atoms with van der Waals surface area (Å²) in [6.07, 6.45) is 11.0. The molecule has 0 unspecified atom stereocenters. The summed E-state index contributed by atoms with van der Waals surface area (Å²) in [5.74, 6) is 0.640. The fraction of sp³-hybridized carbons (Fsp3) is 0.111. The summed E-state index contributed by atoms with van der Waals surface area (Å²) in [6, 6.07) is 20.2. The highest BCUT2D eigenvalue weighted by molar-refractivity contribution is 6.31. The van der Waals surface area contributed by atoms with Crippen LogP contribution in [0.15, 0.2) is 108 Å². The molecule has 6 rings (SSSR count). The molecule has 246 valence electrons. The van der Waals surface area contributed by atoms with Crippen molar-refractivity contribution in [2.45, 2.75) is 26.2 Å². The molecular formula is C36H30ClN7O5. The van der Waals surface area contributed by atoms with Crippen molar-refractivity contribution >= 4 is 63.6 Å². The molecule has 3 N–H and O–H groups in total. The molecule has 0 aliphatic carbocycles. The van der Waals surface area contributed by atoms with Crippen molar-refractivity contribution in [2.75, 3.05) is 16.0 Å². The van der Waals surface area contributed by atoms with E-state index >= 15 is 0 Å². The summed E-state index contributed by atoms with van der Waals surface area (Å²) in [5.41, 5.74) is 1.80. The molecule has 3 amide bonds. The summed E-state index contributed by atoms with van der Waals surface area (Å²) in [6.45, 7) is 1.99. The van der Waals surface area contributed by atoms with E-state index in [0.717, 1.165) is 11.8 Å². The second-order valence-electron chi connectivity index (χ2n) is 10.8. The Labute approximate surface area is 285 Å². The number of ether oxygens (including phenoxy) is 1. The lowest BCUT2D eigenvalue weighted by atomic mass is 10.1. The van der Waals surface area contributed by atoms with Crippen LogP contribution < -0.4 is 20.7 Å². The van der Waals surface area contributed by atoms with Gasteiger partial charge in [0.25, 0.3) is 5.91 Å². The van der Waals surface area contributed by atoms with Crippen LogP contribution in [0.3, 0.4) is 0 Å². The molecule has 0 aliphatic rings. The van der Waals surface area contributed by atoms with Gasteiger partial charge in [-0.2, -0.15) is 0 Å². The van der Waals surface area contributed by atoms with Crippen LogP contribution in [0.5, 0.6) is 11.5 Å². The Kier molecular flexibility index (Phi) is 10.1. The third kappa shape index (κ3) is 8.18. The van der Waals surface area contributed by atoms with Crippen LogP contribution in [0, 0.1) is 0 Å². The van der Waals surface area contributed by atoms with Crippen molar-refractivity contribution in [3.63, 3.8) is 0 Å². The van der Waals surface area contributed by atoms with E-state index in [4.69, 9.17) is 20.8 Å². The maximum atomic E-state index is 13.0. The Morgan fingerprint density at radius 1 is 0.980 bits per heavy atom. The zero-order chi connectivity index (χ0) is 34.2.